The molecule has 10 rings (SSSR count). The van der Waals surface area contributed by atoms with Gasteiger partial charge in [0, 0.05) is 44.6 Å². The number of hydrogen-bond donors (Lipinski definition) is 0. The van der Waals surface area contributed by atoms with Crippen LogP contribution in [0.3, 0.4) is 0 Å². The van der Waals surface area contributed by atoms with Gasteiger partial charge in [0.1, 0.15) is 0 Å². The summed E-state index contributed by atoms with van der Waals surface area (Å²) in [5.74, 6) is 1.85. The summed E-state index contributed by atoms with van der Waals surface area (Å²) < 4.78 is 4.46. The second kappa shape index (κ2) is 11.4. The molecule has 0 aliphatic carbocycles. The van der Waals surface area contributed by atoms with Gasteiger partial charge in [-0.15, -0.1) is 0 Å². The van der Waals surface area contributed by atoms with Crippen LogP contribution in [0.4, 0.5) is 0 Å². The van der Waals surface area contributed by atoms with Crippen molar-refractivity contribution in [2.24, 2.45) is 0 Å². The van der Waals surface area contributed by atoms with Crippen LogP contribution in [0, 0.1) is 0 Å². The lowest BCUT2D eigenvalue weighted by Gasteiger charge is -2.11. The van der Waals surface area contributed by atoms with Crippen LogP contribution < -0.4 is 0 Å². The Labute approximate surface area is 287 Å². The molecule has 6 aromatic carbocycles. The molecule has 0 amide bonds. The normalized spacial score (nSPS) is 11.6. The molecule has 0 fully saturated rings. The number of hydrogen-bond acceptors (Lipinski definition) is 4. The van der Waals surface area contributed by atoms with E-state index in [1.807, 2.05) is 79.1 Å². The lowest BCUT2D eigenvalue weighted by molar-refractivity contribution is 0.953. The minimum Gasteiger partial charge on any atom is -0.308 e. The van der Waals surface area contributed by atoms with E-state index >= 15 is 0 Å². The van der Waals surface area contributed by atoms with Gasteiger partial charge in [0.2, 0.25) is 5.95 Å². The number of para-hydroxylation sites is 2. The lowest BCUT2D eigenvalue weighted by Crippen LogP contribution is -2.06. The van der Waals surface area contributed by atoms with Crippen LogP contribution in [0.5, 0.6) is 0 Å². The molecule has 4 aromatic heterocycles. The lowest BCUT2D eigenvalue weighted by atomic mass is 10.0. The van der Waals surface area contributed by atoms with Crippen LogP contribution in [0.15, 0.2) is 170 Å². The van der Waals surface area contributed by atoms with Crippen LogP contribution in [-0.4, -0.2) is 29.1 Å². The average Bonchev–Trinajstić information content (AvgIpc) is 3.71. The monoisotopic (exact) mass is 640 g/mol. The summed E-state index contributed by atoms with van der Waals surface area (Å²) in [5, 5.41) is 4.65. The number of aromatic nitrogens is 6. The van der Waals surface area contributed by atoms with Gasteiger partial charge in [0.25, 0.3) is 0 Å². The zero-order valence-corrected chi connectivity index (χ0v) is 26.8. The smallest absolute Gasteiger partial charge is 0.238 e. The molecule has 4 heterocycles. The van der Waals surface area contributed by atoms with E-state index in [1.165, 1.54) is 10.8 Å². The van der Waals surface area contributed by atoms with Crippen molar-refractivity contribution in [3.05, 3.63) is 170 Å². The Bertz CT molecular complexity index is 2800. The van der Waals surface area contributed by atoms with Crippen molar-refractivity contribution < 1.29 is 0 Å². The summed E-state index contributed by atoms with van der Waals surface area (Å²) in [7, 11) is 0. The van der Waals surface area contributed by atoms with E-state index < -0.39 is 0 Å². The van der Waals surface area contributed by atoms with E-state index in [2.05, 4.69) is 105 Å². The van der Waals surface area contributed by atoms with E-state index in [-0.39, 0.29) is 0 Å². The first-order valence-electron chi connectivity index (χ1n) is 16.6. The number of pyridine rings is 1. The first kappa shape index (κ1) is 28.1. The van der Waals surface area contributed by atoms with Crippen LogP contribution in [0.25, 0.3) is 89.2 Å². The maximum absolute atomic E-state index is 5.08. The summed E-state index contributed by atoms with van der Waals surface area (Å²) in [4.78, 5) is 19.5. The molecule has 0 radical (unpaired) electrons. The second-order valence-electron chi connectivity index (χ2n) is 12.4. The Hall–Kier alpha value is -6.92. The molecule has 0 spiro atoms. The van der Waals surface area contributed by atoms with Crippen LogP contribution in [0.2, 0.25) is 0 Å². The molecule has 0 unspecified atom stereocenters. The van der Waals surface area contributed by atoms with Gasteiger partial charge in [0.05, 0.1) is 28.3 Å². The molecule has 0 saturated carbocycles. The van der Waals surface area contributed by atoms with Gasteiger partial charge in [-0.25, -0.2) is 4.98 Å². The molecule has 0 aliphatic heterocycles. The summed E-state index contributed by atoms with van der Waals surface area (Å²) in [5.41, 5.74) is 9.61. The Morgan fingerprint density at radius 2 is 0.880 bits per heavy atom. The van der Waals surface area contributed by atoms with Crippen molar-refractivity contribution in [1.82, 2.24) is 29.1 Å². The van der Waals surface area contributed by atoms with E-state index in [9.17, 15) is 0 Å². The molecule has 50 heavy (non-hydrogen) atoms. The average molecular weight is 641 g/mol. The van der Waals surface area contributed by atoms with E-state index in [1.54, 1.807) is 0 Å². The molecule has 0 aliphatic rings. The van der Waals surface area contributed by atoms with Gasteiger partial charge >= 0.3 is 0 Å². The Balaban J connectivity index is 1.17. The van der Waals surface area contributed by atoms with Crippen molar-refractivity contribution in [2.75, 3.05) is 0 Å². The van der Waals surface area contributed by atoms with Crippen molar-refractivity contribution in [3.63, 3.8) is 0 Å². The predicted octanol–water partition coefficient (Wildman–Crippen LogP) is 10.5. The molecule has 6 heteroatoms. The third-order valence-corrected chi connectivity index (χ3v) is 9.48. The quantitative estimate of drug-likeness (QED) is 0.188. The number of fused-ring (bicyclic) bond motifs is 6. The van der Waals surface area contributed by atoms with Crippen molar-refractivity contribution in [3.8, 4) is 45.5 Å². The topological polar surface area (TPSA) is 61.4 Å². The Morgan fingerprint density at radius 3 is 1.52 bits per heavy atom. The molecule has 0 atom stereocenters. The fourth-order valence-electron chi connectivity index (χ4n) is 7.17. The standard InChI is InChI=1S/C44H28N6/c1-4-12-29(13-5-1)42-46-43(30-14-6-2-7-15-30)48-44(47-42)50-38-19-11-10-18-34(38)36-26-32(21-23-40(36)50)31-20-22-39-37(27-31)35-24-25-45-28-41(35)49(39)33-16-8-3-9-17-33/h1-28H. The fourth-order valence-corrected chi connectivity index (χ4v) is 7.17. The summed E-state index contributed by atoms with van der Waals surface area (Å²) in [6, 6.07) is 54.7. The van der Waals surface area contributed by atoms with Crippen molar-refractivity contribution in [1.29, 1.82) is 0 Å². The highest BCUT2D eigenvalue weighted by Crippen LogP contribution is 2.38. The third kappa shape index (κ3) is 4.50. The first-order chi connectivity index (χ1) is 24.8. The van der Waals surface area contributed by atoms with Crippen LogP contribution in [0.1, 0.15) is 0 Å². The molecule has 234 valence electrons. The van der Waals surface area contributed by atoms with Crippen molar-refractivity contribution in [2.45, 2.75) is 0 Å². The van der Waals surface area contributed by atoms with E-state index in [0.717, 1.165) is 60.8 Å². The predicted molar refractivity (Wildman–Crippen MR) is 203 cm³/mol. The van der Waals surface area contributed by atoms with E-state index in [0.29, 0.717) is 17.6 Å². The zero-order chi connectivity index (χ0) is 33.0. The summed E-state index contributed by atoms with van der Waals surface area (Å²) >= 11 is 0. The second-order valence-corrected chi connectivity index (χ2v) is 12.4. The van der Waals surface area contributed by atoms with Crippen molar-refractivity contribution >= 4 is 43.6 Å². The fraction of sp³-hybridized carbons (Fsp3) is 0. The molecule has 0 N–H and O–H groups in total. The highest BCUT2D eigenvalue weighted by molar-refractivity contribution is 6.12. The van der Waals surface area contributed by atoms with Gasteiger partial charge in [-0.1, -0.05) is 109 Å². The Kier molecular flexibility index (Phi) is 6.39. The van der Waals surface area contributed by atoms with Crippen LogP contribution >= 0.6 is 0 Å². The maximum atomic E-state index is 5.08. The minimum atomic E-state index is 0.584. The highest BCUT2D eigenvalue weighted by Gasteiger charge is 2.19. The maximum Gasteiger partial charge on any atom is 0.238 e. The minimum absolute atomic E-state index is 0.584. The molecule has 0 saturated heterocycles. The molecule has 10 aromatic rings. The van der Waals surface area contributed by atoms with Gasteiger partial charge in [-0.3, -0.25) is 9.55 Å². The summed E-state index contributed by atoms with van der Waals surface area (Å²) in [6.45, 7) is 0. The largest absolute Gasteiger partial charge is 0.308 e. The van der Waals surface area contributed by atoms with Gasteiger partial charge in [-0.2, -0.15) is 9.97 Å². The SMILES string of the molecule is c1ccc(-c2nc(-c3ccccc3)nc(-n3c4ccccc4c4cc(-c5ccc6c(c5)c5ccncc5n6-c5ccccc5)ccc43)n2)cc1. The number of benzene rings is 6. The Morgan fingerprint density at radius 1 is 0.360 bits per heavy atom. The number of rotatable bonds is 5. The van der Waals surface area contributed by atoms with E-state index in [4.69, 9.17) is 15.0 Å². The first-order valence-corrected chi connectivity index (χ1v) is 16.6. The zero-order valence-electron chi connectivity index (χ0n) is 26.8. The molecular formula is C44H28N6. The summed E-state index contributed by atoms with van der Waals surface area (Å²) in [6.07, 6.45) is 3.83. The molecule has 0 bridgehead atoms. The molecular weight excluding hydrogens is 613 g/mol. The van der Waals surface area contributed by atoms with Gasteiger partial charge in [0.15, 0.2) is 11.6 Å². The van der Waals surface area contributed by atoms with Gasteiger partial charge < -0.3 is 4.57 Å². The molecule has 6 nitrogen and oxygen atoms in total. The van der Waals surface area contributed by atoms with Crippen LogP contribution in [-0.2, 0) is 0 Å². The third-order valence-electron chi connectivity index (χ3n) is 9.48. The highest BCUT2D eigenvalue weighted by atomic mass is 15.2. The van der Waals surface area contributed by atoms with Gasteiger partial charge in [-0.05, 0) is 59.7 Å². The number of nitrogens with zero attached hydrogens (tertiary/aromatic N) is 6.